The zero-order valence-corrected chi connectivity index (χ0v) is 12.2. The van der Waals surface area contributed by atoms with Crippen LogP contribution in [0.15, 0.2) is 4.52 Å². The van der Waals surface area contributed by atoms with Crippen molar-refractivity contribution >= 4 is 0 Å². The molecule has 1 N–H and O–H groups in total. The van der Waals surface area contributed by atoms with Crippen LogP contribution in [0.4, 0.5) is 0 Å². The number of hydrogen-bond donors (Lipinski definition) is 1. The lowest BCUT2D eigenvalue weighted by atomic mass is 10.0. The van der Waals surface area contributed by atoms with Crippen LogP contribution in [-0.4, -0.2) is 29.3 Å². The summed E-state index contributed by atoms with van der Waals surface area (Å²) in [5.41, 5.74) is -0.339. The van der Waals surface area contributed by atoms with Gasteiger partial charge in [-0.3, -0.25) is 0 Å². The van der Waals surface area contributed by atoms with Crippen molar-refractivity contribution in [2.75, 3.05) is 13.2 Å². The molecule has 1 aliphatic heterocycles. The molecule has 1 aromatic rings. The third-order valence-electron chi connectivity index (χ3n) is 3.69. The van der Waals surface area contributed by atoms with Crippen molar-refractivity contribution in [3.63, 3.8) is 0 Å². The van der Waals surface area contributed by atoms with Gasteiger partial charge in [-0.2, -0.15) is 4.98 Å². The van der Waals surface area contributed by atoms with Crippen LogP contribution in [-0.2, 0) is 16.8 Å². The molecule has 2 unspecified atom stereocenters. The summed E-state index contributed by atoms with van der Waals surface area (Å²) in [7, 11) is 0. The Balaban J connectivity index is 1.84. The highest BCUT2D eigenvalue weighted by atomic mass is 16.5. The van der Waals surface area contributed by atoms with E-state index in [1.54, 1.807) is 0 Å². The van der Waals surface area contributed by atoms with Gasteiger partial charge in [0, 0.05) is 19.1 Å². The molecule has 0 saturated carbocycles. The molecule has 19 heavy (non-hydrogen) atoms. The molecule has 108 valence electrons. The lowest BCUT2D eigenvalue weighted by Gasteiger charge is -2.17. The lowest BCUT2D eigenvalue weighted by molar-refractivity contribution is 0.00768. The van der Waals surface area contributed by atoms with Gasteiger partial charge in [0.1, 0.15) is 5.60 Å². The van der Waals surface area contributed by atoms with Gasteiger partial charge in [0.15, 0.2) is 0 Å². The topological polar surface area (TPSA) is 60.2 Å². The largest absolute Gasteiger partial charge is 0.367 e. The summed E-state index contributed by atoms with van der Waals surface area (Å²) in [6.45, 7) is 8.25. The highest BCUT2D eigenvalue weighted by Crippen LogP contribution is 2.33. The minimum absolute atomic E-state index is 0.339. The number of ether oxygens (including phenoxy) is 1. The number of nitrogens with one attached hydrogen (secondary N) is 1. The molecule has 0 bridgehead atoms. The molecule has 1 fully saturated rings. The standard InChI is InChI=1S/C14H25N3O2/c1-4-9-15-11(2)6-7-12-16-13(17-19-12)14(3)8-5-10-18-14/h11,15H,4-10H2,1-3H3. The average molecular weight is 267 g/mol. The third kappa shape index (κ3) is 3.76. The minimum Gasteiger partial charge on any atom is -0.367 e. The fraction of sp³-hybridized carbons (Fsp3) is 0.857. The lowest BCUT2D eigenvalue weighted by Crippen LogP contribution is -2.27. The number of aryl methyl sites for hydroxylation is 1. The molecule has 0 aliphatic carbocycles. The third-order valence-corrected chi connectivity index (χ3v) is 3.69. The van der Waals surface area contributed by atoms with E-state index in [4.69, 9.17) is 9.26 Å². The molecule has 5 nitrogen and oxygen atoms in total. The van der Waals surface area contributed by atoms with Crippen molar-refractivity contribution < 1.29 is 9.26 Å². The van der Waals surface area contributed by atoms with Gasteiger partial charge in [0.25, 0.3) is 0 Å². The number of hydrogen-bond acceptors (Lipinski definition) is 5. The molecule has 2 atom stereocenters. The van der Waals surface area contributed by atoms with Crippen LogP contribution >= 0.6 is 0 Å². The smallest absolute Gasteiger partial charge is 0.226 e. The predicted octanol–water partition coefficient (Wildman–Crippen LogP) is 2.42. The summed E-state index contributed by atoms with van der Waals surface area (Å²) in [6.07, 6.45) is 5.03. The van der Waals surface area contributed by atoms with E-state index in [-0.39, 0.29) is 5.60 Å². The molecular weight excluding hydrogens is 242 g/mol. The molecule has 0 aromatic carbocycles. The first kappa shape index (κ1) is 14.5. The second kappa shape index (κ2) is 6.48. The van der Waals surface area contributed by atoms with Gasteiger partial charge in [0.2, 0.25) is 11.7 Å². The molecule has 0 amide bonds. The minimum atomic E-state index is -0.339. The van der Waals surface area contributed by atoms with E-state index in [1.807, 2.05) is 6.92 Å². The maximum absolute atomic E-state index is 5.72. The first-order valence-corrected chi connectivity index (χ1v) is 7.34. The first-order chi connectivity index (χ1) is 9.14. The van der Waals surface area contributed by atoms with Gasteiger partial charge in [-0.25, -0.2) is 0 Å². The van der Waals surface area contributed by atoms with Crippen LogP contribution in [0.5, 0.6) is 0 Å². The van der Waals surface area contributed by atoms with Crippen molar-refractivity contribution in [2.45, 2.75) is 64.5 Å². The van der Waals surface area contributed by atoms with E-state index in [1.165, 1.54) is 0 Å². The number of aromatic nitrogens is 2. The van der Waals surface area contributed by atoms with Crippen molar-refractivity contribution in [1.82, 2.24) is 15.5 Å². The van der Waals surface area contributed by atoms with Gasteiger partial charge in [-0.15, -0.1) is 0 Å². The molecule has 1 aromatic heterocycles. The molecule has 2 heterocycles. The number of rotatable bonds is 7. The van der Waals surface area contributed by atoms with Crippen LogP contribution in [0.1, 0.15) is 58.2 Å². The summed E-state index contributed by atoms with van der Waals surface area (Å²) in [5.74, 6) is 1.42. The first-order valence-electron chi connectivity index (χ1n) is 7.34. The number of nitrogens with zero attached hydrogens (tertiary/aromatic N) is 2. The Morgan fingerprint density at radius 2 is 2.32 bits per heavy atom. The predicted molar refractivity (Wildman–Crippen MR) is 72.9 cm³/mol. The Hall–Kier alpha value is -0.940. The summed E-state index contributed by atoms with van der Waals surface area (Å²) in [6, 6.07) is 0.480. The molecule has 0 spiro atoms. The summed E-state index contributed by atoms with van der Waals surface area (Å²) >= 11 is 0. The Morgan fingerprint density at radius 1 is 1.47 bits per heavy atom. The van der Waals surface area contributed by atoms with Crippen molar-refractivity contribution in [1.29, 1.82) is 0 Å². The Morgan fingerprint density at radius 3 is 3.00 bits per heavy atom. The van der Waals surface area contributed by atoms with Crippen LogP contribution in [0.2, 0.25) is 0 Å². The fourth-order valence-electron chi connectivity index (χ4n) is 2.36. The summed E-state index contributed by atoms with van der Waals surface area (Å²) in [5, 5.41) is 7.54. The van der Waals surface area contributed by atoms with Gasteiger partial charge >= 0.3 is 0 Å². The molecule has 1 aliphatic rings. The van der Waals surface area contributed by atoms with Crippen LogP contribution < -0.4 is 5.32 Å². The highest BCUT2D eigenvalue weighted by Gasteiger charge is 2.36. The highest BCUT2D eigenvalue weighted by molar-refractivity contribution is 5.01. The van der Waals surface area contributed by atoms with E-state index in [9.17, 15) is 0 Å². The SMILES string of the molecule is CCCNC(C)CCc1nc(C2(C)CCCO2)no1. The Labute approximate surface area is 115 Å². The van der Waals surface area contributed by atoms with Crippen molar-refractivity contribution in [2.24, 2.45) is 0 Å². The van der Waals surface area contributed by atoms with E-state index in [0.717, 1.165) is 51.1 Å². The van der Waals surface area contributed by atoms with Crippen molar-refractivity contribution in [3.05, 3.63) is 11.7 Å². The zero-order chi connectivity index (χ0) is 13.7. The molecular formula is C14H25N3O2. The molecule has 2 rings (SSSR count). The van der Waals surface area contributed by atoms with E-state index < -0.39 is 0 Å². The monoisotopic (exact) mass is 267 g/mol. The molecule has 5 heteroatoms. The maximum atomic E-state index is 5.72. The van der Waals surface area contributed by atoms with Crippen molar-refractivity contribution in [3.8, 4) is 0 Å². The summed E-state index contributed by atoms with van der Waals surface area (Å²) in [4.78, 5) is 4.49. The van der Waals surface area contributed by atoms with Crippen LogP contribution in [0.25, 0.3) is 0 Å². The molecule has 0 radical (unpaired) electrons. The maximum Gasteiger partial charge on any atom is 0.226 e. The fourth-order valence-corrected chi connectivity index (χ4v) is 2.36. The summed E-state index contributed by atoms with van der Waals surface area (Å²) < 4.78 is 11.0. The van der Waals surface area contributed by atoms with E-state index in [2.05, 4.69) is 29.3 Å². The van der Waals surface area contributed by atoms with Crippen LogP contribution in [0.3, 0.4) is 0 Å². The normalized spacial score (nSPS) is 24.8. The Kier molecular flexibility index (Phi) is 4.93. The van der Waals surface area contributed by atoms with Gasteiger partial charge in [0.05, 0.1) is 0 Å². The van der Waals surface area contributed by atoms with Gasteiger partial charge < -0.3 is 14.6 Å². The van der Waals surface area contributed by atoms with E-state index >= 15 is 0 Å². The second-order valence-electron chi connectivity index (χ2n) is 5.59. The molecule has 1 saturated heterocycles. The van der Waals surface area contributed by atoms with E-state index in [0.29, 0.717) is 11.9 Å². The van der Waals surface area contributed by atoms with Gasteiger partial charge in [-0.05, 0) is 46.1 Å². The second-order valence-corrected chi connectivity index (χ2v) is 5.59. The van der Waals surface area contributed by atoms with Gasteiger partial charge in [-0.1, -0.05) is 12.1 Å². The average Bonchev–Trinajstić information content (AvgIpc) is 3.03. The Bertz CT molecular complexity index is 386. The zero-order valence-electron chi connectivity index (χ0n) is 12.2. The van der Waals surface area contributed by atoms with Crippen LogP contribution in [0, 0.1) is 0 Å². The quantitative estimate of drug-likeness (QED) is 0.822.